The summed E-state index contributed by atoms with van der Waals surface area (Å²) in [5.41, 5.74) is 12.9. The average molecular weight is 933 g/mol. The van der Waals surface area contributed by atoms with Crippen molar-refractivity contribution < 1.29 is 30.0 Å². The van der Waals surface area contributed by atoms with Crippen LogP contribution in [0.2, 0.25) is 0 Å². The van der Waals surface area contributed by atoms with Crippen molar-refractivity contribution in [1.82, 2.24) is 4.98 Å². The van der Waals surface area contributed by atoms with Gasteiger partial charge in [0.05, 0.1) is 5.76 Å². The monoisotopic (exact) mass is 934 g/mol. The van der Waals surface area contributed by atoms with E-state index in [1.165, 1.54) is 28.2 Å². The number of hydrogen-bond acceptors (Lipinski definition) is 3. The summed E-state index contributed by atoms with van der Waals surface area (Å²) in [6, 6.07) is 21.9. The molecule has 1 N–H and O–H groups in total. The molecule has 0 saturated heterocycles. The Bertz CT molecular complexity index is 2030. The van der Waals surface area contributed by atoms with Gasteiger partial charge in [0.2, 0.25) is 0 Å². The molecule has 0 saturated carbocycles. The molecular formula is C52H70IrNO2-. The summed E-state index contributed by atoms with van der Waals surface area (Å²) in [5, 5.41) is 12.2. The summed E-state index contributed by atoms with van der Waals surface area (Å²) in [5.74, 6) is 0.547. The molecule has 2 aliphatic carbocycles. The number of fused-ring (bicyclic) bond motifs is 3. The minimum atomic E-state index is 0. The molecule has 0 amide bonds. The molecule has 3 aromatic carbocycles. The van der Waals surface area contributed by atoms with Gasteiger partial charge in [-0.1, -0.05) is 145 Å². The standard InChI is InChI=1S/C39H46N.C13H24O2.Ir/c1-35(2,3)28-19-26(18-24-14-12-13-15-27(24)28)31-20-25(16-17-40-31)32-33-29(36(4,5)22-38(33,8)9)21-30-34(32)39(10,11)23-37(30,6)7;1-5-10(6-2)12(14)9-13(15)11(7-3)8-4;/h12-17,19-21H,22-23H2,1-11H3;9-11,14H,5-8H2,1-4H3;/q-1;;/b;12-9-;. The molecular weight excluding hydrogens is 863 g/mol. The third-order valence-corrected chi connectivity index (χ3v) is 12.9. The van der Waals surface area contributed by atoms with Crippen LogP contribution in [0.15, 0.2) is 66.6 Å². The van der Waals surface area contributed by atoms with E-state index in [1.54, 1.807) is 22.3 Å². The van der Waals surface area contributed by atoms with E-state index in [9.17, 15) is 9.90 Å². The van der Waals surface area contributed by atoms with Gasteiger partial charge in [-0.15, -0.1) is 29.1 Å². The zero-order chi connectivity index (χ0) is 40.9. The van der Waals surface area contributed by atoms with Crippen molar-refractivity contribution in [2.45, 2.75) is 169 Å². The van der Waals surface area contributed by atoms with Gasteiger partial charge < -0.3 is 5.11 Å². The molecule has 4 aromatic rings. The van der Waals surface area contributed by atoms with Gasteiger partial charge >= 0.3 is 0 Å². The van der Waals surface area contributed by atoms with Crippen LogP contribution in [-0.2, 0) is 52.0 Å². The number of rotatable bonds is 9. The maximum atomic E-state index is 11.7. The van der Waals surface area contributed by atoms with Crippen LogP contribution in [0.25, 0.3) is 33.2 Å². The number of pyridine rings is 1. The molecule has 1 aromatic heterocycles. The second-order valence-corrected chi connectivity index (χ2v) is 20.3. The summed E-state index contributed by atoms with van der Waals surface area (Å²) < 4.78 is 0. The van der Waals surface area contributed by atoms with E-state index < -0.39 is 0 Å². The number of nitrogens with zero attached hydrogens (tertiary/aromatic N) is 1. The van der Waals surface area contributed by atoms with Crippen LogP contribution in [-0.4, -0.2) is 15.9 Å². The number of hydrogen-bond donors (Lipinski definition) is 1. The van der Waals surface area contributed by atoms with Crippen LogP contribution in [0.4, 0.5) is 0 Å². The normalized spacial score (nSPS) is 17.6. The largest absolute Gasteiger partial charge is 0.512 e. The number of aliphatic hydroxyl groups is 1. The van der Waals surface area contributed by atoms with Crippen LogP contribution in [0.3, 0.4) is 0 Å². The maximum Gasteiger partial charge on any atom is 0.162 e. The van der Waals surface area contributed by atoms with Gasteiger partial charge in [0.25, 0.3) is 0 Å². The van der Waals surface area contributed by atoms with Gasteiger partial charge in [0, 0.05) is 49.9 Å². The Morgan fingerprint density at radius 1 is 0.768 bits per heavy atom. The minimum Gasteiger partial charge on any atom is -0.512 e. The first-order valence-electron chi connectivity index (χ1n) is 21.1. The van der Waals surface area contributed by atoms with Gasteiger partial charge in [-0.25, -0.2) is 0 Å². The van der Waals surface area contributed by atoms with Crippen molar-refractivity contribution >= 4 is 16.6 Å². The van der Waals surface area contributed by atoms with E-state index in [0.29, 0.717) is 0 Å². The zero-order valence-corrected chi connectivity index (χ0v) is 39.7. The van der Waals surface area contributed by atoms with Gasteiger partial charge in [0.15, 0.2) is 5.78 Å². The summed E-state index contributed by atoms with van der Waals surface area (Å²) in [6.07, 6.45) is 9.26. The first-order chi connectivity index (χ1) is 25.5. The third kappa shape index (κ3) is 8.83. The summed E-state index contributed by atoms with van der Waals surface area (Å²) in [6.45, 7) is 34.6. The fourth-order valence-electron chi connectivity index (χ4n) is 10.5. The number of aromatic nitrogens is 1. The SMILES string of the molecule is CC(C)(C)c1cc(-c2cc(-c3c4c(cc5c3C(C)(C)CC5(C)C)C(C)(C)CC4(C)C)ccn2)[c-]c2ccccc12.CCC(CC)C(=O)/C=C(\O)C(CC)CC.[Ir]. The third-order valence-electron chi connectivity index (χ3n) is 12.9. The molecule has 56 heavy (non-hydrogen) atoms. The minimum absolute atomic E-state index is 0. The molecule has 0 unspecified atom stereocenters. The van der Waals surface area contributed by atoms with E-state index in [1.807, 2.05) is 33.9 Å². The Morgan fingerprint density at radius 2 is 1.29 bits per heavy atom. The van der Waals surface area contributed by atoms with Crippen LogP contribution >= 0.6 is 0 Å². The van der Waals surface area contributed by atoms with Gasteiger partial charge in [-0.3, -0.25) is 9.78 Å². The fourth-order valence-corrected chi connectivity index (χ4v) is 10.5. The predicted octanol–water partition coefficient (Wildman–Crippen LogP) is 14.5. The Kier molecular flexibility index (Phi) is 13.6. The Balaban J connectivity index is 0.000000372. The van der Waals surface area contributed by atoms with E-state index in [0.717, 1.165) is 55.2 Å². The maximum absolute atomic E-state index is 11.7. The quantitative estimate of drug-likeness (QED) is 0.103. The molecule has 0 aliphatic heterocycles. The van der Waals surface area contributed by atoms with Crippen molar-refractivity contribution in [1.29, 1.82) is 0 Å². The van der Waals surface area contributed by atoms with Gasteiger partial charge in [-0.05, 0) is 105 Å². The van der Waals surface area contributed by atoms with Crippen molar-refractivity contribution in [2.75, 3.05) is 0 Å². The molecule has 305 valence electrons. The Morgan fingerprint density at radius 3 is 1.79 bits per heavy atom. The fraction of sp³-hybridized carbons (Fsp3) is 0.538. The average Bonchev–Trinajstić information content (AvgIpc) is 3.42. The van der Waals surface area contributed by atoms with Crippen LogP contribution < -0.4 is 0 Å². The van der Waals surface area contributed by atoms with Crippen LogP contribution in [0.1, 0.15) is 170 Å². The summed E-state index contributed by atoms with van der Waals surface area (Å²) >= 11 is 0. The van der Waals surface area contributed by atoms with E-state index in [-0.39, 0.29) is 70.6 Å². The van der Waals surface area contributed by atoms with Crippen molar-refractivity contribution in [3.05, 3.63) is 100 Å². The Labute approximate surface area is 353 Å². The van der Waals surface area contributed by atoms with E-state index >= 15 is 0 Å². The smallest absolute Gasteiger partial charge is 0.162 e. The summed E-state index contributed by atoms with van der Waals surface area (Å²) in [4.78, 5) is 16.7. The number of carbonyl (C=O) groups excluding carboxylic acids is 1. The number of benzene rings is 3. The molecule has 2 aliphatic rings. The molecule has 0 bridgehead atoms. The van der Waals surface area contributed by atoms with Crippen molar-refractivity contribution in [2.24, 2.45) is 11.8 Å². The van der Waals surface area contributed by atoms with Gasteiger partial charge in [0.1, 0.15) is 0 Å². The first kappa shape index (κ1) is 45.6. The Hall–Kier alpha value is -3.07. The van der Waals surface area contributed by atoms with Crippen molar-refractivity contribution in [3.63, 3.8) is 0 Å². The van der Waals surface area contributed by atoms with E-state index in [4.69, 9.17) is 4.98 Å². The molecule has 0 spiro atoms. The topological polar surface area (TPSA) is 50.2 Å². The number of allylic oxidation sites excluding steroid dienone is 2. The molecule has 4 heteroatoms. The van der Waals surface area contributed by atoms with Crippen LogP contribution in [0.5, 0.6) is 0 Å². The van der Waals surface area contributed by atoms with Crippen LogP contribution in [0, 0.1) is 17.9 Å². The molecule has 1 heterocycles. The molecule has 0 atom stereocenters. The number of carbonyl (C=O) groups is 1. The molecule has 1 radical (unpaired) electrons. The van der Waals surface area contributed by atoms with E-state index in [2.05, 4.69) is 131 Å². The predicted molar refractivity (Wildman–Crippen MR) is 235 cm³/mol. The number of ketones is 1. The second-order valence-electron chi connectivity index (χ2n) is 20.3. The molecule has 0 fully saturated rings. The number of aliphatic hydroxyl groups excluding tert-OH is 1. The molecule has 3 nitrogen and oxygen atoms in total. The first-order valence-corrected chi connectivity index (χ1v) is 21.1. The van der Waals surface area contributed by atoms with Gasteiger partial charge in [-0.2, -0.15) is 0 Å². The van der Waals surface area contributed by atoms with Crippen molar-refractivity contribution in [3.8, 4) is 22.4 Å². The summed E-state index contributed by atoms with van der Waals surface area (Å²) in [7, 11) is 0. The zero-order valence-electron chi connectivity index (χ0n) is 37.3. The molecule has 6 rings (SSSR count). The second kappa shape index (κ2) is 16.7.